The summed E-state index contributed by atoms with van der Waals surface area (Å²) in [6.45, 7) is 2.64. The van der Waals surface area contributed by atoms with E-state index in [0.717, 1.165) is 18.4 Å². The van der Waals surface area contributed by atoms with Crippen LogP contribution in [0.3, 0.4) is 0 Å². The van der Waals surface area contributed by atoms with Crippen molar-refractivity contribution in [2.75, 3.05) is 6.61 Å². The molecule has 26 heavy (non-hydrogen) atoms. The maximum absolute atomic E-state index is 12.3. The van der Waals surface area contributed by atoms with Crippen molar-refractivity contribution in [2.24, 2.45) is 0 Å². The van der Waals surface area contributed by atoms with Crippen molar-refractivity contribution >= 4 is 16.1 Å². The van der Waals surface area contributed by atoms with Gasteiger partial charge in [0.2, 0.25) is 0 Å². The second kappa shape index (κ2) is 9.77. The number of benzene rings is 1. The van der Waals surface area contributed by atoms with Crippen LogP contribution in [0.2, 0.25) is 0 Å². The molecule has 0 fully saturated rings. The summed E-state index contributed by atoms with van der Waals surface area (Å²) in [6.07, 6.45) is -0.0271. The van der Waals surface area contributed by atoms with Crippen LogP contribution in [0.15, 0.2) is 24.3 Å². The number of aliphatic carboxylic acids is 1. The SMILES string of the molecule is CCCCOc1ccc(CCCC(OS(=O)(=O)C(F)(F)F)C(=O)O)cc1. The van der Waals surface area contributed by atoms with Gasteiger partial charge in [0.15, 0.2) is 6.10 Å². The Labute approximate surface area is 150 Å². The molecule has 0 amide bonds. The number of ether oxygens (including phenoxy) is 1. The van der Waals surface area contributed by atoms with Gasteiger partial charge in [-0.25, -0.2) is 8.98 Å². The average Bonchev–Trinajstić information content (AvgIpc) is 2.54. The molecule has 0 radical (unpaired) electrons. The summed E-state index contributed by atoms with van der Waals surface area (Å²) >= 11 is 0. The highest BCUT2D eigenvalue weighted by atomic mass is 32.2. The smallest absolute Gasteiger partial charge is 0.494 e. The van der Waals surface area contributed by atoms with Gasteiger partial charge < -0.3 is 9.84 Å². The first kappa shape index (κ1) is 22.2. The predicted octanol–water partition coefficient (Wildman–Crippen LogP) is 3.51. The van der Waals surface area contributed by atoms with Gasteiger partial charge in [-0.3, -0.25) is 0 Å². The summed E-state index contributed by atoms with van der Waals surface area (Å²) in [5.41, 5.74) is -4.84. The Kier molecular flexibility index (Phi) is 8.35. The lowest BCUT2D eigenvalue weighted by Gasteiger charge is -2.15. The van der Waals surface area contributed by atoms with E-state index in [1.807, 2.05) is 6.92 Å². The van der Waals surface area contributed by atoms with Gasteiger partial charge in [0.25, 0.3) is 0 Å². The second-order valence-corrected chi connectivity index (χ2v) is 7.12. The molecule has 1 aromatic rings. The Morgan fingerprint density at radius 1 is 1.19 bits per heavy atom. The highest BCUT2D eigenvalue weighted by Crippen LogP contribution is 2.27. The third-order valence-electron chi connectivity index (χ3n) is 3.42. The number of hydrogen-bond donors (Lipinski definition) is 1. The minimum absolute atomic E-state index is 0.139. The predicted molar refractivity (Wildman–Crippen MR) is 87.3 cm³/mol. The fraction of sp³-hybridized carbons (Fsp3) is 0.562. The Morgan fingerprint density at radius 3 is 2.31 bits per heavy atom. The maximum Gasteiger partial charge on any atom is 0.523 e. The van der Waals surface area contributed by atoms with E-state index in [9.17, 15) is 26.4 Å². The molecule has 0 saturated heterocycles. The van der Waals surface area contributed by atoms with Crippen LogP contribution < -0.4 is 4.74 Å². The zero-order chi connectivity index (χ0) is 19.8. The van der Waals surface area contributed by atoms with E-state index in [-0.39, 0.29) is 12.8 Å². The number of carboxylic acid groups (broad SMARTS) is 1. The van der Waals surface area contributed by atoms with Gasteiger partial charge in [0, 0.05) is 0 Å². The van der Waals surface area contributed by atoms with E-state index in [4.69, 9.17) is 9.84 Å². The molecule has 0 saturated carbocycles. The fourth-order valence-corrected chi connectivity index (χ4v) is 2.59. The van der Waals surface area contributed by atoms with Gasteiger partial charge in [-0.1, -0.05) is 25.5 Å². The van der Waals surface area contributed by atoms with Crippen molar-refractivity contribution < 1.29 is 40.4 Å². The molecule has 6 nitrogen and oxygen atoms in total. The summed E-state index contributed by atoms with van der Waals surface area (Å²) in [4.78, 5) is 10.9. The van der Waals surface area contributed by atoms with Crippen LogP contribution in [-0.2, 0) is 25.5 Å². The third-order valence-corrected chi connectivity index (χ3v) is 4.48. The Bertz CT molecular complexity index is 670. The van der Waals surface area contributed by atoms with Crippen molar-refractivity contribution in [1.29, 1.82) is 0 Å². The first-order valence-corrected chi connectivity index (χ1v) is 9.41. The van der Waals surface area contributed by atoms with E-state index >= 15 is 0 Å². The minimum Gasteiger partial charge on any atom is -0.494 e. The highest BCUT2D eigenvalue weighted by molar-refractivity contribution is 7.87. The Balaban J connectivity index is 2.54. The molecule has 1 rings (SSSR count). The maximum atomic E-state index is 12.3. The Morgan fingerprint density at radius 2 is 1.81 bits per heavy atom. The molecule has 0 aromatic heterocycles. The molecule has 0 aliphatic rings. The molecule has 1 atom stereocenters. The normalized spacial score (nSPS) is 13.4. The monoisotopic (exact) mass is 398 g/mol. The number of unbranched alkanes of at least 4 members (excludes halogenated alkanes) is 1. The first-order valence-electron chi connectivity index (χ1n) is 8.01. The van der Waals surface area contributed by atoms with E-state index in [2.05, 4.69) is 4.18 Å². The fourth-order valence-electron chi connectivity index (χ4n) is 2.00. The van der Waals surface area contributed by atoms with Crippen LogP contribution in [0.5, 0.6) is 5.75 Å². The van der Waals surface area contributed by atoms with Gasteiger partial charge >= 0.3 is 21.6 Å². The molecule has 0 heterocycles. The molecular formula is C16H21F3O6S. The molecule has 1 unspecified atom stereocenters. The third kappa shape index (κ3) is 7.20. The number of hydrogen-bond acceptors (Lipinski definition) is 5. The number of aryl methyl sites for hydroxylation is 1. The van der Waals surface area contributed by atoms with E-state index in [0.29, 0.717) is 18.8 Å². The van der Waals surface area contributed by atoms with Crippen molar-refractivity contribution in [2.45, 2.75) is 50.6 Å². The molecule has 0 aliphatic heterocycles. The summed E-state index contributed by atoms with van der Waals surface area (Å²) in [7, 11) is -5.95. The van der Waals surface area contributed by atoms with Crippen molar-refractivity contribution in [3.8, 4) is 5.75 Å². The van der Waals surface area contributed by atoms with Crippen LogP contribution in [0.4, 0.5) is 13.2 Å². The second-order valence-electron chi connectivity index (χ2n) is 5.56. The Hall–Kier alpha value is -1.81. The van der Waals surface area contributed by atoms with Crippen molar-refractivity contribution in [3.63, 3.8) is 0 Å². The lowest BCUT2D eigenvalue weighted by molar-refractivity contribution is -0.146. The molecule has 0 spiro atoms. The number of rotatable bonds is 11. The topological polar surface area (TPSA) is 89.9 Å². The summed E-state index contributed by atoms with van der Waals surface area (Å²) in [5.74, 6) is -1.08. The highest BCUT2D eigenvalue weighted by Gasteiger charge is 2.49. The minimum atomic E-state index is -5.95. The van der Waals surface area contributed by atoms with E-state index < -0.39 is 27.7 Å². The molecule has 148 valence electrons. The van der Waals surface area contributed by atoms with Gasteiger partial charge in [-0.05, 0) is 43.4 Å². The molecular weight excluding hydrogens is 377 g/mol. The van der Waals surface area contributed by atoms with Crippen LogP contribution >= 0.6 is 0 Å². The van der Waals surface area contributed by atoms with Crippen molar-refractivity contribution in [1.82, 2.24) is 0 Å². The molecule has 1 N–H and O–H groups in total. The summed E-state index contributed by atoms with van der Waals surface area (Å²) in [5, 5.41) is 8.87. The van der Waals surface area contributed by atoms with Crippen LogP contribution in [0, 0.1) is 0 Å². The molecule has 1 aromatic carbocycles. The zero-order valence-corrected chi connectivity index (χ0v) is 15.0. The lowest BCUT2D eigenvalue weighted by Crippen LogP contribution is -2.34. The van der Waals surface area contributed by atoms with Crippen LogP contribution in [0.1, 0.15) is 38.2 Å². The molecule has 0 aliphatic carbocycles. The number of carboxylic acids is 1. The van der Waals surface area contributed by atoms with Crippen molar-refractivity contribution in [3.05, 3.63) is 29.8 Å². The lowest BCUT2D eigenvalue weighted by atomic mass is 10.1. The van der Waals surface area contributed by atoms with Gasteiger partial charge in [0.1, 0.15) is 5.75 Å². The quantitative estimate of drug-likeness (QED) is 0.349. The summed E-state index contributed by atoms with van der Waals surface area (Å²) in [6, 6.07) is 6.99. The number of alkyl halides is 3. The first-order chi connectivity index (χ1) is 12.1. The van der Waals surface area contributed by atoms with Gasteiger partial charge in [-0.2, -0.15) is 21.6 Å². The van der Waals surface area contributed by atoms with E-state index in [1.54, 1.807) is 24.3 Å². The standard InChI is InChI=1S/C16H21F3O6S/c1-2-3-11-24-13-9-7-12(8-10-13)5-4-6-14(15(20)21)25-26(22,23)16(17,18)19/h7-10,14H,2-6,11H2,1H3,(H,20,21). The summed E-state index contributed by atoms with van der Waals surface area (Å²) < 4.78 is 68.0. The van der Waals surface area contributed by atoms with E-state index in [1.165, 1.54) is 0 Å². The van der Waals surface area contributed by atoms with Gasteiger partial charge in [-0.15, -0.1) is 0 Å². The van der Waals surface area contributed by atoms with Crippen LogP contribution in [0.25, 0.3) is 0 Å². The molecule has 0 bridgehead atoms. The van der Waals surface area contributed by atoms with Gasteiger partial charge in [0.05, 0.1) is 6.61 Å². The number of halogens is 3. The average molecular weight is 398 g/mol. The zero-order valence-electron chi connectivity index (χ0n) is 14.2. The number of carbonyl (C=O) groups is 1. The molecule has 10 heteroatoms. The largest absolute Gasteiger partial charge is 0.523 e. The van der Waals surface area contributed by atoms with Crippen LogP contribution in [-0.4, -0.2) is 37.7 Å².